The maximum absolute atomic E-state index is 10.3. The molecule has 0 aromatic rings. The largest absolute Gasteiger partial charge is 0.756 e. The van der Waals surface area contributed by atoms with Crippen LogP contribution in [-0.2, 0) is 13.8 Å². The van der Waals surface area contributed by atoms with Crippen LogP contribution in [0.15, 0.2) is 0 Å². The van der Waals surface area contributed by atoms with Crippen LogP contribution in [0.5, 0.6) is 0 Å². The molecular formula is C6H12O9P-. The monoisotopic (exact) mass is 259 g/mol. The smallest absolute Gasteiger partial charge is 0.265 e. The zero-order valence-corrected chi connectivity index (χ0v) is 8.80. The van der Waals surface area contributed by atoms with Crippen molar-refractivity contribution < 1.29 is 44.0 Å². The Bertz CT molecular complexity index is 277. The van der Waals surface area contributed by atoms with E-state index in [2.05, 4.69) is 9.26 Å². The molecule has 96 valence electrons. The summed E-state index contributed by atoms with van der Waals surface area (Å²) in [6, 6.07) is 0. The van der Waals surface area contributed by atoms with Gasteiger partial charge in [-0.25, -0.2) is 0 Å². The fraction of sp³-hybridized carbons (Fsp3) is 1.00. The number of aliphatic hydroxyl groups is 4. The Balaban J connectivity index is 2.57. The van der Waals surface area contributed by atoms with Crippen LogP contribution in [0.4, 0.5) is 0 Å². The first-order chi connectivity index (χ1) is 7.22. The highest BCUT2D eigenvalue weighted by Crippen LogP contribution is 2.32. The molecule has 1 aliphatic rings. The summed E-state index contributed by atoms with van der Waals surface area (Å²) < 4.78 is 18.8. The third-order valence-electron chi connectivity index (χ3n) is 2.09. The number of rotatable bonds is 3. The Labute approximate surface area is 90.1 Å². The maximum atomic E-state index is 10.3. The molecule has 16 heavy (non-hydrogen) atoms. The lowest BCUT2D eigenvalue weighted by atomic mass is 10.00. The number of phosphoric acid groups is 1. The van der Waals surface area contributed by atoms with Gasteiger partial charge in [0.05, 0.1) is 6.61 Å². The van der Waals surface area contributed by atoms with E-state index in [1.807, 2.05) is 0 Å². The van der Waals surface area contributed by atoms with E-state index in [0.29, 0.717) is 0 Å². The van der Waals surface area contributed by atoms with Crippen molar-refractivity contribution >= 4 is 7.82 Å². The average molecular weight is 259 g/mol. The molecule has 0 aliphatic carbocycles. The number of aliphatic hydroxyl groups excluding tert-OH is 4. The molecule has 0 aromatic carbocycles. The summed E-state index contributed by atoms with van der Waals surface area (Å²) >= 11 is 0. The summed E-state index contributed by atoms with van der Waals surface area (Å²) in [5.74, 6) is 0. The third kappa shape index (κ3) is 3.45. The summed E-state index contributed by atoms with van der Waals surface area (Å²) in [6.45, 7) is -0.792. The van der Waals surface area contributed by atoms with Crippen molar-refractivity contribution in [3.8, 4) is 0 Å². The number of hydrogen-bond donors (Lipinski definition) is 5. The van der Waals surface area contributed by atoms with Crippen molar-refractivity contribution in [2.45, 2.75) is 30.7 Å². The summed E-state index contributed by atoms with van der Waals surface area (Å²) in [5, 5.41) is 36.7. The van der Waals surface area contributed by atoms with Crippen LogP contribution >= 0.6 is 7.82 Å². The van der Waals surface area contributed by atoms with E-state index in [1.165, 1.54) is 0 Å². The van der Waals surface area contributed by atoms with E-state index in [9.17, 15) is 19.7 Å². The lowest BCUT2D eigenvalue weighted by molar-refractivity contribution is -0.289. The van der Waals surface area contributed by atoms with Gasteiger partial charge in [0.2, 0.25) is 0 Å². The second kappa shape index (κ2) is 5.05. The quantitative estimate of drug-likeness (QED) is 0.321. The predicted octanol–water partition coefficient (Wildman–Crippen LogP) is -3.74. The average Bonchev–Trinajstić information content (AvgIpc) is 2.17. The van der Waals surface area contributed by atoms with Gasteiger partial charge in [-0.05, 0) is 0 Å². The van der Waals surface area contributed by atoms with Crippen molar-refractivity contribution in [2.75, 3.05) is 6.61 Å². The van der Waals surface area contributed by atoms with Crippen molar-refractivity contribution in [1.82, 2.24) is 0 Å². The second-order valence-corrected chi connectivity index (χ2v) is 4.50. The fourth-order valence-electron chi connectivity index (χ4n) is 1.24. The van der Waals surface area contributed by atoms with Crippen molar-refractivity contribution in [3.05, 3.63) is 0 Å². The number of hydrogen-bond acceptors (Lipinski definition) is 8. The Morgan fingerprint density at radius 1 is 1.19 bits per heavy atom. The molecule has 5 N–H and O–H groups in total. The van der Waals surface area contributed by atoms with Gasteiger partial charge in [-0.1, -0.05) is 0 Å². The highest BCUT2D eigenvalue weighted by Gasteiger charge is 2.43. The molecule has 0 spiro atoms. The SMILES string of the molecule is O=P([O-])(O)OCC1OC(O)C(O)C(O)C1O. The molecule has 6 unspecified atom stereocenters. The second-order valence-electron chi connectivity index (χ2n) is 3.30. The van der Waals surface area contributed by atoms with E-state index in [-0.39, 0.29) is 0 Å². The molecule has 1 heterocycles. The number of phosphoric ester groups is 1. The highest BCUT2D eigenvalue weighted by atomic mass is 31.2. The summed E-state index contributed by atoms with van der Waals surface area (Å²) in [4.78, 5) is 18.5. The lowest BCUT2D eigenvalue weighted by Crippen LogP contribution is -2.58. The summed E-state index contributed by atoms with van der Waals surface area (Å²) in [5.41, 5.74) is 0. The Hall–Kier alpha value is -0.0900. The van der Waals surface area contributed by atoms with Gasteiger partial charge in [0.1, 0.15) is 24.4 Å². The zero-order chi connectivity index (χ0) is 12.5. The van der Waals surface area contributed by atoms with Crippen LogP contribution < -0.4 is 4.89 Å². The molecule has 1 aliphatic heterocycles. The minimum Gasteiger partial charge on any atom is -0.756 e. The first-order valence-corrected chi connectivity index (χ1v) is 5.78. The Morgan fingerprint density at radius 3 is 2.25 bits per heavy atom. The third-order valence-corrected chi connectivity index (χ3v) is 2.56. The minimum atomic E-state index is -4.98. The van der Waals surface area contributed by atoms with Gasteiger partial charge >= 0.3 is 0 Å². The van der Waals surface area contributed by atoms with E-state index < -0.39 is 45.1 Å². The molecular weight excluding hydrogens is 247 g/mol. The Kier molecular flexibility index (Phi) is 4.41. The van der Waals surface area contributed by atoms with Crippen LogP contribution in [0.3, 0.4) is 0 Å². The van der Waals surface area contributed by atoms with Crippen LogP contribution in [0, 0.1) is 0 Å². The molecule has 1 saturated heterocycles. The van der Waals surface area contributed by atoms with E-state index >= 15 is 0 Å². The van der Waals surface area contributed by atoms with Gasteiger partial charge in [0.15, 0.2) is 6.29 Å². The molecule has 9 nitrogen and oxygen atoms in total. The predicted molar refractivity (Wildman–Crippen MR) is 44.7 cm³/mol. The highest BCUT2D eigenvalue weighted by molar-refractivity contribution is 7.44. The first-order valence-electron chi connectivity index (χ1n) is 4.28. The van der Waals surface area contributed by atoms with Crippen molar-refractivity contribution in [3.63, 3.8) is 0 Å². The van der Waals surface area contributed by atoms with Gasteiger partial charge in [-0.15, -0.1) is 0 Å². The van der Waals surface area contributed by atoms with E-state index in [4.69, 9.17) is 15.1 Å². The molecule has 6 atom stereocenters. The van der Waals surface area contributed by atoms with E-state index in [1.54, 1.807) is 0 Å². The van der Waals surface area contributed by atoms with Gasteiger partial charge in [0.25, 0.3) is 7.82 Å². The van der Waals surface area contributed by atoms with Crippen LogP contribution in [0.1, 0.15) is 0 Å². The van der Waals surface area contributed by atoms with Gasteiger partial charge in [0, 0.05) is 0 Å². The molecule has 1 fully saturated rings. The molecule has 1 rings (SSSR count). The minimum absolute atomic E-state index is 0.792. The molecule has 0 radical (unpaired) electrons. The van der Waals surface area contributed by atoms with Gasteiger partial charge < -0.3 is 39.5 Å². The molecule has 0 saturated carbocycles. The molecule has 0 aromatic heterocycles. The van der Waals surface area contributed by atoms with Crippen LogP contribution in [-0.4, -0.2) is 62.6 Å². The maximum Gasteiger partial charge on any atom is 0.265 e. The summed E-state index contributed by atoms with van der Waals surface area (Å²) in [7, 11) is -4.98. The van der Waals surface area contributed by atoms with Gasteiger partial charge in [-0.2, -0.15) is 0 Å². The lowest BCUT2D eigenvalue weighted by Gasteiger charge is -2.38. The standard InChI is InChI=1S/C6H13O9P/c7-3-2(1-14-16(11,12)13)15-6(10)5(9)4(3)8/h2-10H,1H2,(H2,11,12,13)/p-1. The topological polar surface area (TPSA) is 160 Å². The normalized spacial score (nSPS) is 44.0. The molecule has 10 heteroatoms. The fourth-order valence-corrected chi connectivity index (χ4v) is 1.57. The van der Waals surface area contributed by atoms with Crippen LogP contribution in [0.25, 0.3) is 0 Å². The van der Waals surface area contributed by atoms with Crippen molar-refractivity contribution in [1.29, 1.82) is 0 Å². The summed E-state index contributed by atoms with van der Waals surface area (Å²) in [6.07, 6.45) is -8.23. The molecule has 0 amide bonds. The zero-order valence-electron chi connectivity index (χ0n) is 7.91. The number of ether oxygens (including phenoxy) is 1. The first kappa shape index (κ1) is 14.0. The van der Waals surface area contributed by atoms with E-state index in [0.717, 1.165) is 0 Å². The van der Waals surface area contributed by atoms with Crippen LogP contribution in [0.2, 0.25) is 0 Å². The van der Waals surface area contributed by atoms with Crippen molar-refractivity contribution in [2.24, 2.45) is 0 Å². The Morgan fingerprint density at radius 2 is 1.75 bits per heavy atom. The van der Waals surface area contributed by atoms with Gasteiger partial charge in [-0.3, -0.25) is 4.57 Å². The molecule has 0 bridgehead atoms.